The molecule has 0 unspecified atom stereocenters. The number of carbonyl (C=O) groups excluding carboxylic acids is 3. The first-order valence-electron chi connectivity index (χ1n) is 11.9. The largest absolute Gasteiger partial charge is 0.440 e. The van der Waals surface area contributed by atoms with Gasteiger partial charge in [-0.2, -0.15) is 0 Å². The van der Waals surface area contributed by atoms with Gasteiger partial charge in [0.15, 0.2) is 5.78 Å². The summed E-state index contributed by atoms with van der Waals surface area (Å²) < 4.78 is 6.04. The third-order valence-electron chi connectivity index (χ3n) is 5.27. The fraction of sp³-hybridized carbons (Fsp3) is 0.167. The van der Waals surface area contributed by atoms with Gasteiger partial charge in [0.2, 0.25) is 12.3 Å². The van der Waals surface area contributed by atoms with Crippen LogP contribution in [0.4, 0.5) is 5.88 Å². The standard InChI is InChI=1S/C21H19Cl2NO2.C7H6O.C2H5NO/c1-3-18(25)19-17(11-13-7-9-15(22)10-8-13)20(26-21(19)24-2)14-5-4-6-16(23)12-14;8-6-7-4-2-1-3-5-7;1-3-2-4/h4-10,12,24H,3,11H2,1-2H3;1-6H;2H,1H3,(H,3,4). The Kier molecular flexibility index (Phi) is 12.8. The van der Waals surface area contributed by atoms with Crippen LogP contribution in [0.1, 0.15) is 45.2 Å². The van der Waals surface area contributed by atoms with Crippen LogP contribution < -0.4 is 10.6 Å². The predicted molar refractivity (Wildman–Crippen MR) is 155 cm³/mol. The zero-order valence-electron chi connectivity index (χ0n) is 21.5. The molecule has 1 aromatic heterocycles. The first-order chi connectivity index (χ1) is 18.4. The van der Waals surface area contributed by atoms with Crippen LogP contribution in [0.5, 0.6) is 0 Å². The Bertz CT molecular complexity index is 1320. The molecule has 0 saturated carbocycles. The van der Waals surface area contributed by atoms with Gasteiger partial charge < -0.3 is 15.1 Å². The first-order valence-corrected chi connectivity index (χ1v) is 12.6. The molecule has 3 aromatic carbocycles. The highest BCUT2D eigenvalue weighted by molar-refractivity contribution is 6.31. The van der Waals surface area contributed by atoms with E-state index in [1.54, 1.807) is 26.2 Å². The number of carbonyl (C=O) groups is 3. The van der Waals surface area contributed by atoms with Crippen LogP contribution in [-0.2, 0) is 11.2 Å². The van der Waals surface area contributed by atoms with Gasteiger partial charge in [-0.25, -0.2) is 0 Å². The van der Waals surface area contributed by atoms with Crippen molar-refractivity contribution in [3.8, 4) is 11.3 Å². The monoisotopic (exact) mass is 552 g/mol. The lowest BCUT2D eigenvalue weighted by Gasteiger charge is -2.07. The lowest BCUT2D eigenvalue weighted by Crippen LogP contribution is -2.04. The summed E-state index contributed by atoms with van der Waals surface area (Å²) in [6.45, 7) is 1.85. The third-order valence-corrected chi connectivity index (χ3v) is 5.76. The summed E-state index contributed by atoms with van der Waals surface area (Å²) in [4.78, 5) is 31.7. The Balaban J connectivity index is 0.000000349. The van der Waals surface area contributed by atoms with E-state index in [1.165, 1.54) is 0 Å². The molecule has 1 amide bonds. The van der Waals surface area contributed by atoms with Gasteiger partial charge in [-0.15, -0.1) is 0 Å². The molecule has 1 heterocycles. The van der Waals surface area contributed by atoms with Crippen molar-refractivity contribution in [1.29, 1.82) is 0 Å². The quantitative estimate of drug-likeness (QED) is 0.176. The number of halogens is 2. The highest BCUT2D eigenvalue weighted by Crippen LogP contribution is 2.37. The molecule has 4 rings (SSSR count). The molecule has 4 aromatic rings. The molecule has 0 aliphatic rings. The molecule has 198 valence electrons. The predicted octanol–water partition coefficient (Wildman–Crippen LogP) is 7.34. The molecule has 0 radical (unpaired) electrons. The maximum absolute atomic E-state index is 12.6. The van der Waals surface area contributed by atoms with Crippen LogP contribution in [0.15, 0.2) is 83.3 Å². The Morgan fingerprint density at radius 2 is 1.55 bits per heavy atom. The van der Waals surface area contributed by atoms with Crippen LogP contribution >= 0.6 is 23.2 Å². The van der Waals surface area contributed by atoms with E-state index >= 15 is 0 Å². The SMILES string of the molecule is CCC(=O)c1c(NC)oc(-c2cccc(Cl)c2)c1Cc1ccc(Cl)cc1.CNC=O.O=Cc1ccccc1. The van der Waals surface area contributed by atoms with E-state index < -0.39 is 0 Å². The molecule has 0 aliphatic heterocycles. The van der Waals surface area contributed by atoms with Gasteiger partial charge in [-0.05, 0) is 29.8 Å². The maximum Gasteiger partial charge on any atom is 0.206 e. The van der Waals surface area contributed by atoms with Crippen molar-refractivity contribution < 1.29 is 18.8 Å². The number of rotatable bonds is 8. The van der Waals surface area contributed by atoms with Crippen LogP contribution in [0, 0.1) is 0 Å². The van der Waals surface area contributed by atoms with Crippen LogP contribution in [0.2, 0.25) is 10.0 Å². The number of hydrogen-bond donors (Lipinski definition) is 2. The second-order valence-electron chi connectivity index (χ2n) is 7.89. The third kappa shape index (κ3) is 8.91. The van der Waals surface area contributed by atoms with Crippen molar-refractivity contribution in [2.24, 2.45) is 0 Å². The van der Waals surface area contributed by atoms with Crippen molar-refractivity contribution in [2.45, 2.75) is 19.8 Å². The normalized spacial score (nSPS) is 9.71. The van der Waals surface area contributed by atoms with Gasteiger partial charge in [-0.1, -0.05) is 84.7 Å². The molecule has 2 N–H and O–H groups in total. The van der Waals surface area contributed by atoms with Crippen LogP contribution in [0.25, 0.3) is 11.3 Å². The van der Waals surface area contributed by atoms with E-state index in [0.29, 0.717) is 46.5 Å². The summed E-state index contributed by atoms with van der Waals surface area (Å²) in [6, 6.07) is 24.1. The smallest absolute Gasteiger partial charge is 0.206 e. The van der Waals surface area contributed by atoms with Crippen molar-refractivity contribution in [1.82, 2.24) is 5.32 Å². The van der Waals surface area contributed by atoms with Gasteiger partial charge in [0.1, 0.15) is 12.0 Å². The van der Waals surface area contributed by atoms with Crippen molar-refractivity contribution in [3.05, 3.63) is 111 Å². The van der Waals surface area contributed by atoms with Gasteiger partial charge in [0, 0.05) is 53.7 Å². The van der Waals surface area contributed by atoms with E-state index in [9.17, 15) is 9.59 Å². The van der Waals surface area contributed by atoms with E-state index in [-0.39, 0.29) is 5.78 Å². The zero-order chi connectivity index (χ0) is 27.9. The van der Waals surface area contributed by atoms with Gasteiger partial charge in [-0.3, -0.25) is 14.4 Å². The Labute approximate surface area is 233 Å². The molecule has 38 heavy (non-hydrogen) atoms. The average molecular weight is 553 g/mol. The number of Topliss-reactive ketones (excluding diaryl/α,β-unsaturated/α-hetero) is 1. The second-order valence-corrected chi connectivity index (χ2v) is 8.76. The number of furan rings is 1. The van der Waals surface area contributed by atoms with Gasteiger partial charge >= 0.3 is 0 Å². The summed E-state index contributed by atoms with van der Waals surface area (Å²) in [5, 5.41) is 6.55. The molecule has 0 spiro atoms. The first kappa shape index (κ1) is 30.4. The number of aldehydes is 1. The number of anilines is 1. The minimum atomic E-state index is 0.0374. The Morgan fingerprint density at radius 3 is 2.05 bits per heavy atom. The lowest BCUT2D eigenvalue weighted by molar-refractivity contribution is -0.109. The number of amides is 1. The van der Waals surface area contributed by atoms with E-state index in [4.69, 9.17) is 32.4 Å². The maximum atomic E-state index is 12.6. The summed E-state index contributed by atoms with van der Waals surface area (Å²) in [7, 11) is 3.31. The minimum Gasteiger partial charge on any atom is -0.440 e. The Morgan fingerprint density at radius 1 is 0.895 bits per heavy atom. The Hall–Kier alpha value is -3.87. The molecule has 0 aliphatic carbocycles. The van der Waals surface area contributed by atoms with Gasteiger partial charge in [0.05, 0.1) is 5.56 Å². The fourth-order valence-electron chi connectivity index (χ4n) is 3.48. The highest BCUT2D eigenvalue weighted by Gasteiger charge is 2.25. The number of nitrogens with one attached hydrogen (secondary N) is 2. The summed E-state index contributed by atoms with van der Waals surface area (Å²) in [5.74, 6) is 1.18. The van der Waals surface area contributed by atoms with Crippen LogP contribution in [0.3, 0.4) is 0 Å². The van der Waals surface area contributed by atoms with Crippen molar-refractivity contribution in [3.63, 3.8) is 0 Å². The topological polar surface area (TPSA) is 88.4 Å². The lowest BCUT2D eigenvalue weighted by atomic mass is 9.95. The molecule has 0 bridgehead atoms. The fourth-order valence-corrected chi connectivity index (χ4v) is 3.80. The molecular formula is C30H30Cl2N2O4. The summed E-state index contributed by atoms with van der Waals surface area (Å²) in [6.07, 6.45) is 2.42. The molecule has 6 nitrogen and oxygen atoms in total. The second kappa shape index (κ2) is 16.1. The number of ketones is 1. The molecular weight excluding hydrogens is 523 g/mol. The van der Waals surface area contributed by atoms with Crippen LogP contribution in [-0.4, -0.2) is 32.6 Å². The molecule has 8 heteroatoms. The van der Waals surface area contributed by atoms with E-state index in [1.807, 2.05) is 73.7 Å². The van der Waals surface area contributed by atoms with E-state index in [2.05, 4.69) is 10.6 Å². The number of hydrogen-bond acceptors (Lipinski definition) is 5. The zero-order valence-corrected chi connectivity index (χ0v) is 23.0. The average Bonchev–Trinajstić information content (AvgIpc) is 3.33. The van der Waals surface area contributed by atoms with Crippen molar-refractivity contribution >= 4 is 47.6 Å². The minimum absolute atomic E-state index is 0.0374. The molecule has 0 atom stereocenters. The summed E-state index contributed by atoms with van der Waals surface area (Å²) in [5.41, 5.74) is 4.07. The number of benzene rings is 3. The van der Waals surface area contributed by atoms with Gasteiger partial charge in [0.25, 0.3) is 0 Å². The van der Waals surface area contributed by atoms with E-state index in [0.717, 1.165) is 28.5 Å². The van der Waals surface area contributed by atoms with Crippen molar-refractivity contribution in [2.75, 3.05) is 19.4 Å². The molecule has 0 fully saturated rings. The molecule has 0 saturated heterocycles. The highest BCUT2D eigenvalue weighted by atomic mass is 35.5. The summed E-state index contributed by atoms with van der Waals surface area (Å²) >= 11 is 12.1.